The summed E-state index contributed by atoms with van der Waals surface area (Å²) in [6.07, 6.45) is 9.50. The van der Waals surface area contributed by atoms with E-state index in [1.165, 1.54) is 32.1 Å². The SMILES string of the molecule is [CH-]1CCCCC1.[CH3-].[W+2]. The zero-order chi connectivity index (χ0) is 4.24. The van der Waals surface area contributed by atoms with Crippen LogP contribution in [-0.4, -0.2) is 0 Å². The number of hydrogen-bond donors (Lipinski definition) is 0. The summed E-state index contributed by atoms with van der Waals surface area (Å²) in [5.74, 6) is 0. The second-order valence-corrected chi connectivity index (χ2v) is 1.93. The molecule has 1 aliphatic rings. The van der Waals surface area contributed by atoms with Gasteiger partial charge in [-0.1, -0.05) is 19.3 Å². The molecule has 0 aliphatic heterocycles. The quantitative estimate of drug-likeness (QED) is 0.599. The van der Waals surface area contributed by atoms with Crippen molar-refractivity contribution in [2.45, 2.75) is 32.1 Å². The van der Waals surface area contributed by atoms with Gasteiger partial charge in [0, 0.05) is 0 Å². The van der Waals surface area contributed by atoms with Gasteiger partial charge in [-0.25, -0.2) is 0 Å². The molecule has 0 aromatic carbocycles. The smallest absolute Gasteiger partial charge is 0.358 e. The van der Waals surface area contributed by atoms with Gasteiger partial charge in [-0.3, -0.25) is 0 Å². The molecule has 0 spiro atoms. The molecule has 0 radical (unpaired) electrons. The third-order valence-corrected chi connectivity index (χ3v) is 1.32. The summed E-state index contributed by atoms with van der Waals surface area (Å²) in [5, 5.41) is 0. The molecule has 0 N–H and O–H groups in total. The summed E-state index contributed by atoms with van der Waals surface area (Å²) in [4.78, 5) is 0. The molecule has 0 aromatic rings. The first-order chi connectivity index (χ1) is 3.00. The van der Waals surface area contributed by atoms with E-state index in [9.17, 15) is 0 Å². The normalized spacial score (nSPS) is 18.0. The largest absolute Gasteiger partial charge is 2.00 e. The Morgan fingerprint density at radius 1 is 0.875 bits per heavy atom. The van der Waals surface area contributed by atoms with E-state index >= 15 is 0 Å². The molecule has 0 amide bonds. The van der Waals surface area contributed by atoms with Crippen molar-refractivity contribution in [1.29, 1.82) is 0 Å². The van der Waals surface area contributed by atoms with Crippen LogP contribution in [0.4, 0.5) is 0 Å². The predicted octanol–water partition coefficient (Wildman–Crippen LogP) is 2.60. The van der Waals surface area contributed by atoms with Crippen molar-refractivity contribution in [3.05, 3.63) is 13.8 Å². The van der Waals surface area contributed by atoms with Crippen molar-refractivity contribution >= 4 is 0 Å². The van der Waals surface area contributed by atoms with Crippen molar-refractivity contribution in [2.75, 3.05) is 0 Å². The van der Waals surface area contributed by atoms with Crippen molar-refractivity contribution in [1.82, 2.24) is 0 Å². The monoisotopic (exact) mass is 282 g/mol. The van der Waals surface area contributed by atoms with Crippen molar-refractivity contribution in [3.63, 3.8) is 0 Å². The zero-order valence-electron chi connectivity index (χ0n) is 5.52. The molecule has 0 aromatic heterocycles. The van der Waals surface area contributed by atoms with Crippen LogP contribution in [0, 0.1) is 13.8 Å². The van der Waals surface area contributed by atoms with Gasteiger partial charge in [0.25, 0.3) is 0 Å². The molecule has 1 heteroatoms. The van der Waals surface area contributed by atoms with Crippen LogP contribution in [0.3, 0.4) is 0 Å². The van der Waals surface area contributed by atoms with Crippen LogP contribution in [0.2, 0.25) is 0 Å². The van der Waals surface area contributed by atoms with Crippen molar-refractivity contribution in [3.8, 4) is 0 Å². The van der Waals surface area contributed by atoms with E-state index < -0.39 is 0 Å². The van der Waals surface area contributed by atoms with Gasteiger partial charge in [0.2, 0.25) is 0 Å². The van der Waals surface area contributed by atoms with E-state index in [0.717, 1.165) is 0 Å². The van der Waals surface area contributed by atoms with Crippen LogP contribution in [0.5, 0.6) is 0 Å². The van der Waals surface area contributed by atoms with E-state index in [4.69, 9.17) is 0 Å². The second-order valence-electron chi connectivity index (χ2n) is 1.93. The van der Waals surface area contributed by atoms with E-state index in [1.54, 1.807) is 0 Å². The van der Waals surface area contributed by atoms with Gasteiger partial charge in [0.1, 0.15) is 0 Å². The summed E-state index contributed by atoms with van der Waals surface area (Å²) >= 11 is 0. The van der Waals surface area contributed by atoms with Crippen molar-refractivity contribution in [2.24, 2.45) is 0 Å². The number of hydrogen-bond acceptors (Lipinski definition) is 0. The van der Waals surface area contributed by atoms with Gasteiger partial charge in [-0.05, 0) is 0 Å². The van der Waals surface area contributed by atoms with E-state index in [-0.39, 0.29) is 28.5 Å². The topological polar surface area (TPSA) is 0 Å². The van der Waals surface area contributed by atoms with Crippen LogP contribution in [0.1, 0.15) is 32.1 Å². The first kappa shape index (κ1) is 11.5. The Kier molecular flexibility index (Phi) is 11.0. The van der Waals surface area contributed by atoms with Crippen LogP contribution in [0.25, 0.3) is 0 Å². The molecule has 48 valence electrons. The summed E-state index contributed by atoms with van der Waals surface area (Å²) in [6.45, 7) is 0. The predicted molar refractivity (Wildman–Crippen MR) is 33.8 cm³/mol. The molecule has 0 unspecified atom stereocenters. The third kappa shape index (κ3) is 4.84. The molecule has 0 saturated heterocycles. The fraction of sp³-hybridized carbons (Fsp3) is 0.714. The molecule has 1 saturated carbocycles. The first-order valence-corrected chi connectivity index (χ1v) is 2.82. The molecular weight excluding hydrogens is 268 g/mol. The Labute approximate surface area is 67.3 Å². The van der Waals surface area contributed by atoms with Crippen LogP contribution >= 0.6 is 0 Å². The standard InChI is InChI=1S/C6H11.CH3.W/c1-2-4-6-5-3-1;;/h1H,2-6H2;1H3;/q2*-1;+2. The van der Waals surface area contributed by atoms with E-state index in [1.807, 2.05) is 0 Å². The molecule has 1 rings (SSSR count). The minimum atomic E-state index is 0. The third-order valence-electron chi connectivity index (χ3n) is 1.32. The molecule has 8 heavy (non-hydrogen) atoms. The van der Waals surface area contributed by atoms with Gasteiger partial charge in [0.05, 0.1) is 0 Å². The maximum atomic E-state index is 2.39. The first-order valence-electron chi connectivity index (χ1n) is 2.82. The summed E-state index contributed by atoms with van der Waals surface area (Å²) < 4.78 is 0. The van der Waals surface area contributed by atoms with Crippen LogP contribution in [0.15, 0.2) is 0 Å². The maximum absolute atomic E-state index is 2.39. The fourth-order valence-electron chi connectivity index (χ4n) is 0.898. The molecule has 0 atom stereocenters. The zero-order valence-corrected chi connectivity index (χ0v) is 8.45. The minimum Gasteiger partial charge on any atom is -0.358 e. The van der Waals surface area contributed by atoms with Gasteiger partial charge < -0.3 is 13.8 Å². The van der Waals surface area contributed by atoms with Gasteiger partial charge >= 0.3 is 21.1 Å². The molecule has 1 aliphatic carbocycles. The summed E-state index contributed by atoms with van der Waals surface area (Å²) in [7, 11) is 0. The molecule has 0 bridgehead atoms. The second kappa shape index (κ2) is 7.69. The van der Waals surface area contributed by atoms with Crippen LogP contribution in [-0.2, 0) is 21.1 Å². The summed E-state index contributed by atoms with van der Waals surface area (Å²) in [5.41, 5.74) is 0. The van der Waals surface area contributed by atoms with E-state index in [0.29, 0.717) is 0 Å². The Bertz CT molecular complexity index is 19.9. The van der Waals surface area contributed by atoms with Gasteiger partial charge in [-0.2, -0.15) is 12.8 Å². The summed E-state index contributed by atoms with van der Waals surface area (Å²) in [6, 6.07) is 0. The molecule has 0 nitrogen and oxygen atoms in total. The molecule has 1 fully saturated rings. The Morgan fingerprint density at radius 3 is 1.50 bits per heavy atom. The Hall–Kier alpha value is 0.688. The van der Waals surface area contributed by atoms with Crippen molar-refractivity contribution < 1.29 is 21.1 Å². The Balaban J connectivity index is 0. The number of rotatable bonds is 0. The minimum absolute atomic E-state index is 0. The van der Waals surface area contributed by atoms with Gasteiger partial charge in [0.15, 0.2) is 0 Å². The average molecular weight is 282 g/mol. The van der Waals surface area contributed by atoms with E-state index in [2.05, 4.69) is 6.42 Å². The average Bonchev–Trinajstić information content (AvgIpc) is 1.72. The molecular formula is C7H14W. The molecule has 0 heterocycles. The van der Waals surface area contributed by atoms with Crippen LogP contribution < -0.4 is 0 Å². The fourth-order valence-corrected chi connectivity index (χ4v) is 0.898. The Morgan fingerprint density at radius 2 is 1.38 bits per heavy atom. The van der Waals surface area contributed by atoms with Gasteiger partial charge in [-0.15, -0.1) is 0 Å². The maximum Gasteiger partial charge on any atom is 2.00 e.